The summed E-state index contributed by atoms with van der Waals surface area (Å²) in [7, 11) is 3.65. The maximum atomic E-state index is 14.6. The lowest BCUT2D eigenvalue weighted by atomic mass is 9.75. The van der Waals surface area contributed by atoms with Gasteiger partial charge in [0.25, 0.3) is 5.56 Å². The molecule has 7 rings (SSSR count). The fourth-order valence-corrected chi connectivity index (χ4v) is 7.70. The van der Waals surface area contributed by atoms with E-state index in [4.69, 9.17) is 4.74 Å². The second-order valence-electron chi connectivity index (χ2n) is 12.7. The minimum atomic E-state index is -2.11. The van der Waals surface area contributed by atoms with Crippen LogP contribution in [0.25, 0.3) is 16.8 Å². The number of ketones is 4. The number of carbonyl (C=O) groups is 4. The molecule has 0 bridgehead atoms. The fourth-order valence-electron chi connectivity index (χ4n) is 7.70. The van der Waals surface area contributed by atoms with Crippen LogP contribution >= 0.6 is 0 Å². The van der Waals surface area contributed by atoms with Crippen molar-refractivity contribution in [3.05, 3.63) is 91.1 Å². The van der Waals surface area contributed by atoms with Gasteiger partial charge in [-0.25, -0.2) is 0 Å². The van der Waals surface area contributed by atoms with Crippen molar-refractivity contribution in [3.63, 3.8) is 0 Å². The Hall–Kier alpha value is -5.33. The molecular formula is C36H33N3O9. The van der Waals surface area contributed by atoms with Crippen LogP contribution < -0.4 is 5.56 Å². The number of fused-ring (bicyclic) bond motifs is 5. The van der Waals surface area contributed by atoms with E-state index in [1.807, 2.05) is 32.0 Å². The van der Waals surface area contributed by atoms with Gasteiger partial charge >= 0.3 is 0 Å². The standard InChI is InChI=1S/C36H33N3O9/c1-4-5-6-7-17-14-19-20(16-38(2)3)18-8-9-36(28(18)32(44)23(19)35(47)37-17)33(45)26-27(34(36)46)31(43)25-24(30(26)42)22(40)15-21(29(25)41)39-10-12-48-13-11-39/h4-7,14-15,42-44H,8-13,16H2,1-3H3,(H,37,47)/b5-4+,7-6+/t36-/m0/s1. The summed E-state index contributed by atoms with van der Waals surface area (Å²) in [6, 6.07) is 1.73. The fraction of sp³-hybridized carbons (Fsp3) is 0.306. The molecule has 48 heavy (non-hydrogen) atoms. The van der Waals surface area contributed by atoms with Gasteiger partial charge in [-0.15, -0.1) is 0 Å². The predicted octanol–water partition coefficient (Wildman–Crippen LogP) is 3.15. The van der Waals surface area contributed by atoms with Gasteiger partial charge in [0, 0.05) is 37.0 Å². The van der Waals surface area contributed by atoms with Gasteiger partial charge in [0.2, 0.25) is 5.78 Å². The lowest BCUT2D eigenvalue weighted by molar-refractivity contribution is 0.0500. The van der Waals surface area contributed by atoms with Crippen molar-refractivity contribution in [2.24, 2.45) is 0 Å². The first kappa shape index (κ1) is 31.3. The number of aromatic nitrogens is 1. The molecule has 12 heteroatoms. The molecule has 12 nitrogen and oxygen atoms in total. The molecule has 1 fully saturated rings. The molecule has 4 N–H and O–H groups in total. The van der Waals surface area contributed by atoms with Crippen LogP contribution in [0.4, 0.5) is 0 Å². The van der Waals surface area contributed by atoms with Crippen LogP contribution in [-0.2, 0) is 23.1 Å². The number of pyridine rings is 1. The SMILES string of the molecule is C/C=C/C=C/c1cc2c(CN(C)C)c3c(c(O)c2c(=O)[nH]1)[C@@]1(CC3)C(=O)c2c(O)c3c(c(O)c2C1=O)C(=O)C(N1CCOCC1)=CC3=O. The summed E-state index contributed by atoms with van der Waals surface area (Å²) in [5.41, 5.74) is -3.48. The maximum Gasteiger partial charge on any atom is 0.260 e. The summed E-state index contributed by atoms with van der Waals surface area (Å²) in [5.74, 6) is -5.72. The molecule has 1 aromatic heterocycles. The zero-order chi connectivity index (χ0) is 34.2. The van der Waals surface area contributed by atoms with Crippen LogP contribution in [0.3, 0.4) is 0 Å². The van der Waals surface area contributed by atoms with Gasteiger partial charge in [0.1, 0.15) is 22.7 Å². The van der Waals surface area contributed by atoms with Gasteiger partial charge in [0.05, 0.1) is 46.6 Å². The summed E-state index contributed by atoms with van der Waals surface area (Å²) in [5, 5.41) is 35.2. The van der Waals surface area contributed by atoms with E-state index in [0.29, 0.717) is 55.1 Å². The van der Waals surface area contributed by atoms with Crippen molar-refractivity contribution < 1.29 is 39.2 Å². The Bertz CT molecular complexity index is 2170. The molecule has 0 radical (unpaired) electrons. The molecule has 1 spiro atoms. The highest BCUT2D eigenvalue weighted by Crippen LogP contribution is 2.58. The molecule has 3 aromatic rings. The number of aromatic hydroxyl groups is 3. The van der Waals surface area contributed by atoms with Crippen molar-refractivity contribution >= 4 is 40.0 Å². The first-order valence-electron chi connectivity index (χ1n) is 15.7. The molecule has 1 aliphatic heterocycles. The number of ether oxygens (including phenoxy) is 1. The van der Waals surface area contributed by atoms with Crippen molar-refractivity contribution in [1.82, 2.24) is 14.8 Å². The quantitative estimate of drug-likeness (QED) is 0.181. The number of allylic oxidation sites excluding steroid dienone is 5. The molecule has 0 amide bonds. The van der Waals surface area contributed by atoms with Crippen molar-refractivity contribution in [1.29, 1.82) is 0 Å². The predicted molar refractivity (Wildman–Crippen MR) is 175 cm³/mol. The molecule has 2 heterocycles. The zero-order valence-corrected chi connectivity index (χ0v) is 26.6. The minimum absolute atomic E-state index is 0.0141. The summed E-state index contributed by atoms with van der Waals surface area (Å²) >= 11 is 0. The van der Waals surface area contributed by atoms with Gasteiger partial charge in [-0.05, 0) is 62.5 Å². The topological polar surface area (TPSA) is 178 Å². The molecule has 3 aliphatic carbocycles. The van der Waals surface area contributed by atoms with E-state index < -0.39 is 73.6 Å². The van der Waals surface area contributed by atoms with Crippen molar-refractivity contribution in [3.8, 4) is 17.2 Å². The van der Waals surface area contributed by atoms with E-state index >= 15 is 0 Å². The summed E-state index contributed by atoms with van der Waals surface area (Å²) in [6.45, 7) is 3.40. The Morgan fingerprint density at radius 2 is 1.60 bits per heavy atom. The zero-order valence-electron chi connectivity index (χ0n) is 26.6. The number of carbonyl (C=O) groups excluding carboxylic acids is 4. The number of rotatable bonds is 5. The van der Waals surface area contributed by atoms with Gasteiger partial charge < -0.3 is 34.8 Å². The van der Waals surface area contributed by atoms with Crippen LogP contribution in [0.5, 0.6) is 17.2 Å². The molecule has 1 atom stereocenters. The van der Waals surface area contributed by atoms with Crippen molar-refractivity contribution in [2.75, 3.05) is 40.4 Å². The third-order valence-electron chi connectivity index (χ3n) is 9.75. The van der Waals surface area contributed by atoms with E-state index in [1.54, 1.807) is 29.2 Å². The average molecular weight is 652 g/mol. The Kier molecular flexibility index (Phi) is 7.26. The third-order valence-corrected chi connectivity index (χ3v) is 9.75. The number of hydrogen-bond acceptors (Lipinski definition) is 11. The highest BCUT2D eigenvalue weighted by atomic mass is 16.5. The minimum Gasteiger partial charge on any atom is -0.507 e. The largest absolute Gasteiger partial charge is 0.507 e. The average Bonchev–Trinajstić information content (AvgIpc) is 3.56. The number of Topliss-reactive ketones (excluding diaryl/α,β-unsaturated/α-hetero) is 3. The number of aromatic amines is 1. The normalized spacial score (nSPS) is 20.6. The number of phenols is 3. The summed E-state index contributed by atoms with van der Waals surface area (Å²) < 4.78 is 5.35. The Labute approximate surface area is 274 Å². The second-order valence-corrected chi connectivity index (χ2v) is 12.7. The van der Waals surface area contributed by atoms with Crippen LogP contribution in [0.15, 0.2) is 40.9 Å². The maximum absolute atomic E-state index is 14.6. The van der Waals surface area contributed by atoms with Crippen LogP contribution in [0, 0.1) is 0 Å². The van der Waals surface area contributed by atoms with E-state index in [2.05, 4.69) is 4.98 Å². The summed E-state index contributed by atoms with van der Waals surface area (Å²) in [6.07, 6.45) is 8.18. The molecule has 246 valence electrons. The Morgan fingerprint density at radius 3 is 2.25 bits per heavy atom. The lowest BCUT2D eigenvalue weighted by Gasteiger charge is -2.32. The Morgan fingerprint density at radius 1 is 0.938 bits per heavy atom. The monoisotopic (exact) mass is 651 g/mol. The highest BCUT2D eigenvalue weighted by molar-refractivity contribution is 6.39. The summed E-state index contributed by atoms with van der Waals surface area (Å²) in [4.78, 5) is 76.1. The molecule has 0 saturated carbocycles. The van der Waals surface area contributed by atoms with Crippen LogP contribution in [-0.4, -0.2) is 93.6 Å². The first-order valence-corrected chi connectivity index (χ1v) is 15.7. The number of morpholine rings is 1. The van der Waals surface area contributed by atoms with Gasteiger partial charge in [-0.3, -0.25) is 24.0 Å². The number of benzene rings is 2. The van der Waals surface area contributed by atoms with E-state index in [0.717, 1.165) is 6.08 Å². The molecule has 0 unspecified atom stereocenters. The van der Waals surface area contributed by atoms with Gasteiger partial charge in [0.15, 0.2) is 17.3 Å². The number of nitrogens with one attached hydrogen (secondary N) is 1. The number of nitrogens with zero attached hydrogens (tertiary/aromatic N) is 2. The molecular weight excluding hydrogens is 618 g/mol. The Balaban J connectivity index is 1.45. The highest BCUT2D eigenvalue weighted by Gasteiger charge is 2.62. The number of hydrogen-bond donors (Lipinski definition) is 4. The van der Waals surface area contributed by atoms with Crippen LogP contribution in [0.2, 0.25) is 0 Å². The lowest BCUT2D eigenvalue weighted by Crippen LogP contribution is -2.39. The first-order chi connectivity index (χ1) is 22.9. The number of phenolic OH excluding ortho intramolecular Hbond substituents is 3. The molecule has 1 saturated heterocycles. The van der Waals surface area contributed by atoms with E-state index in [-0.39, 0.29) is 29.5 Å². The van der Waals surface area contributed by atoms with Gasteiger partial charge in [-0.1, -0.05) is 18.2 Å². The molecule has 4 aliphatic rings. The smallest absolute Gasteiger partial charge is 0.260 e. The number of H-pyrrole nitrogens is 1. The second kappa shape index (κ2) is 11.1. The van der Waals surface area contributed by atoms with E-state index in [9.17, 15) is 39.3 Å². The van der Waals surface area contributed by atoms with E-state index in [1.165, 1.54) is 0 Å². The van der Waals surface area contributed by atoms with Crippen molar-refractivity contribution in [2.45, 2.75) is 31.7 Å². The van der Waals surface area contributed by atoms with Gasteiger partial charge in [-0.2, -0.15) is 0 Å². The third kappa shape index (κ3) is 4.18. The molecule has 2 aromatic carbocycles. The van der Waals surface area contributed by atoms with Crippen LogP contribution in [0.1, 0.15) is 77.2 Å².